The predicted molar refractivity (Wildman–Crippen MR) is 97.8 cm³/mol. The molecule has 0 aliphatic carbocycles. The lowest BCUT2D eigenvalue weighted by molar-refractivity contribution is 0.183. The Labute approximate surface area is 149 Å². The van der Waals surface area contributed by atoms with Gasteiger partial charge in [-0.1, -0.05) is 18.6 Å². The molecule has 0 aromatic heterocycles. The molecule has 3 nitrogen and oxygen atoms in total. The molecule has 1 saturated heterocycles. The quantitative estimate of drug-likeness (QED) is 0.713. The van der Waals surface area contributed by atoms with E-state index in [0.29, 0.717) is 13.0 Å². The molecule has 0 unspecified atom stereocenters. The number of benzene rings is 2. The van der Waals surface area contributed by atoms with Crippen molar-refractivity contribution < 1.29 is 13.9 Å². The van der Waals surface area contributed by atoms with Crippen LogP contribution in [0.4, 0.5) is 4.39 Å². The molecule has 134 valence electrons. The minimum absolute atomic E-state index is 0.205. The Bertz CT molecular complexity index is 639. The SMILES string of the molecule is Fc1cccc(CCOc2ccc(OCCN3CCCCC3)cc2)c1. The molecule has 3 rings (SSSR count). The summed E-state index contributed by atoms with van der Waals surface area (Å²) in [5.74, 6) is 1.47. The van der Waals surface area contributed by atoms with E-state index in [1.807, 2.05) is 30.3 Å². The molecular formula is C21H26FNO2. The molecule has 1 aliphatic heterocycles. The van der Waals surface area contributed by atoms with Gasteiger partial charge in [0, 0.05) is 13.0 Å². The monoisotopic (exact) mass is 343 g/mol. The number of piperidine rings is 1. The van der Waals surface area contributed by atoms with Crippen LogP contribution in [0, 0.1) is 5.82 Å². The summed E-state index contributed by atoms with van der Waals surface area (Å²) in [7, 11) is 0. The van der Waals surface area contributed by atoms with E-state index in [4.69, 9.17) is 9.47 Å². The van der Waals surface area contributed by atoms with E-state index in [1.54, 1.807) is 12.1 Å². The van der Waals surface area contributed by atoms with Crippen molar-refractivity contribution in [2.45, 2.75) is 25.7 Å². The van der Waals surface area contributed by atoms with Gasteiger partial charge in [-0.05, 0) is 67.9 Å². The fourth-order valence-electron chi connectivity index (χ4n) is 3.09. The molecular weight excluding hydrogens is 317 g/mol. The Morgan fingerprint density at radius 2 is 1.52 bits per heavy atom. The predicted octanol–water partition coefficient (Wildman–Crippen LogP) is 4.31. The van der Waals surface area contributed by atoms with Crippen molar-refractivity contribution in [2.24, 2.45) is 0 Å². The minimum Gasteiger partial charge on any atom is -0.493 e. The van der Waals surface area contributed by atoms with Crippen LogP contribution in [0.5, 0.6) is 11.5 Å². The van der Waals surface area contributed by atoms with Gasteiger partial charge in [0.1, 0.15) is 23.9 Å². The Kier molecular flexibility index (Phi) is 6.69. The van der Waals surface area contributed by atoms with Crippen molar-refractivity contribution in [1.29, 1.82) is 0 Å². The van der Waals surface area contributed by atoms with Crippen LogP contribution in [0.2, 0.25) is 0 Å². The van der Waals surface area contributed by atoms with E-state index in [9.17, 15) is 4.39 Å². The van der Waals surface area contributed by atoms with Crippen molar-refractivity contribution in [3.8, 4) is 11.5 Å². The van der Waals surface area contributed by atoms with Crippen LogP contribution in [-0.4, -0.2) is 37.7 Å². The lowest BCUT2D eigenvalue weighted by Crippen LogP contribution is -2.33. The van der Waals surface area contributed by atoms with Gasteiger partial charge in [-0.25, -0.2) is 4.39 Å². The van der Waals surface area contributed by atoms with Gasteiger partial charge in [0.2, 0.25) is 0 Å². The average molecular weight is 343 g/mol. The minimum atomic E-state index is -0.205. The molecule has 0 amide bonds. The van der Waals surface area contributed by atoms with Gasteiger partial charge in [-0.3, -0.25) is 4.90 Å². The van der Waals surface area contributed by atoms with Crippen molar-refractivity contribution in [1.82, 2.24) is 4.90 Å². The highest BCUT2D eigenvalue weighted by atomic mass is 19.1. The van der Waals surface area contributed by atoms with Crippen molar-refractivity contribution in [3.05, 3.63) is 59.9 Å². The third-order valence-corrected chi connectivity index (χ3v) is 4.50. The van der Waals surface area contributed by atoms with E-state index in [-0.39, 0.29) is 5.82 Å². The Morgan fingerprint density at radius 3 is 2.20 bits per heavy atom. The lowest BCUT2D eigenvalue weighted by Gasteiger charge is -2.26. The highest BCUT2D eigenvalue weighted by Crippen LogP contribution is 2.18. The molecule has 25 heavy (non-hydrogen) atoms. The Balaban J connectivity index is 1.36. The molecule has 1 aliphatic rings. The average Bonchev–Trinajstić information content (AvgIpc) is 2.64. The topological polar surface area (TPSA) is 21.7 Å². The molecule has 2 aromatic rings. The standard InChI is InChI=1S/C21H26FNO2/c22-19-6-4-5-18(17-19)11-15-24-20-7-9-21(10-8-20)25-16-14-23-12-2-1-3-13-23/h4-10,17H,1-3,11-16H2. The first-order valence-corrected chi connectivity index (χ1v) is 9.12. The summed E-state index contributed by atoms with van der Waals surface area (Å²) in [6.07, 6.45) is 4.66. The zero-order valence-corrected chi connectivity index (χ0v) is 14.6. The summed E-state index contributed by atoms with van der Waals surface area (Å²) in [6, 6.07) is 14.3. The Morgan fingerprint density at radius 1 is 0.840 bits per heavy atom. The van der Waals surface area contributed by atoms with Crippen LogP contribution in [-0.2, 0) is 6.42 Å². The van der Waals surface area contributed by atoms with Gasteiger partial charge in [0.15, 0.2) is 0 Å². The molecule has 1 fully saturated rings. The summed E-state index contributed by atoms with van der Waals surface area (Å²) < 4.78 is 24.7. The van der Waals surface area contributed by atoms with E-state index in [2.05, 4.69) is 4.90 Å². The van der Waals surface area contributed by atoms with Gasteiger partial charge in [0.25, 0.3) is 0 Å². The molecule has 0 radical (unpaired) electrons. The largest absolute Gasteiger partial charge is 0.493 e. The van der Waals surface area contributed by atoms with E-state index in [0.717, 1.165) is 30.2 Å². The second-order valence-electron chi connectivity index (χ2n) is 6.45. The third-order valence-electron chi connectivity index (χ3n) is 4.50. The molecule has 1 heterocycles. The smallest absolute Gasteiger partial charge is 0.123 e. The van der Waals surface area contributed by atoms with Crippen LogP contribution in [0.3, 0.4) is 0 Å². The second kappa shape index (κ2) is 9.42. The van der Waals surface area contributed by atoms with Crippen molar-refractivity contribution in [3.63, 3.8) is 0 Å². The van der Waals surface area contributed by atoms with Crippen LogP contribution >= 0.6 is 0 Å². The number of likely N-dealkylation sites (tertiary alicyclic amines) is 1. The number of hydrogen-bond donors (Lipinski definition) is 0. The molecule has 0 saturated carbocycles. The van der Waals surface area contributed by atoms with Gasteiger partial charge < -0.3 is 9.47 Å². The van der Waals surface area contributed by atoms with Gasteiger partial charge >= 0.3 is 0 Å². The van der Waals surface area contributed by atoms with Crippen molar-refractivity contribution >= 4 is 0 Å². The van der Waals surface area contributed by atoms with E-state index >= 15 is 0 Å². The highest BCUT2D eigenvalue weighted by Gasteiger charge is 2.09. The number of nitrogens with zero attached hydrogens (tertiary/aromatic N) is 1. The first kappa shape index (κ1) is 17.7. The molecule has 4 heteroatoms. The zero-order chi connectivity index (χ0) is 17.3. The van der Waals surface area contributed by atoms with Gasteiger partial charge in [0.05, 0.1) is 6.61 Å². The summed E-state index contributed by atoms with van der Waals surface area (Å²) in [6.45, 7) is 4.63. The lowest BCUT2D eigenvalue weighted by atomic mass is 10.1. The number of rotatable bonds is 8. The fraction of sp³-hybridized carbons (Fsp3) is 0.429. The summed E-state index contributed by atoms with van der Waals surface area (Å²) in [4.78, 5) is 2.47. The molecule has 0 atom stereocenters. The fourth-order valence-corrected chi connectivity index (χ4v) is 3.09. The molecule has 2 aromatic carbocycles. The second-order valence-corrected chi connectivity index (χ2v) is 6.45. The maximum Gasteiger partial charge on any atom is 0.123 e. The first-order valence-electron chi connectivity index (χ1n) is 9.12. The summed E-state index contributed by atoms with van der Waals surface area (Å²) in [5, 5.41) is 0. The highest BCUT2D eigenvalue weighted by molar-refractivity contribution is 5.31. The summed E-state index contributed by atoms with van der Waals surface area (Å²) >= 11 is 0. The number of halogens is 1. The summed E-state index contributed by atoms with van der Waals surface area (Å²) in [5.41, 5.74) is 0.942. The Hall–Kier alpha value is -2.07. The van der Waals surface area contributed by atoms with Crippen LogP contribution in [0.15, 0.2) is 48.5 Å². The van der Waals surface area contributed by atoms with Crippen LogP contribution in [0.1, 0.15) is 24.8 Å². The first-order chi connectivity index (χ1) is 12.3. The number of hydrogen-bond acceptors (Lipinski definition) is 3. The normalized spacial score (nSPS) is 15.1. The van der Waals surface area contributed by atoms with E-state index < -0.39 is 0 Å². The molecule has 0 spiro atoms. The molecule has 0 N–H and O–H groups in total. The zero-order valence-electron chi connectivity index (χ0n) is 14.6. The van der Waals surface area contributed by atoms with Crippen molar-refractivity contribution in [2.75, 3.05) is 32.8 Å². The van der Waals surface area contributed by atoms with Crippen LogP contribution < -0.4 is 9.47 Å². The maximum atomic E-state index is 13.1. The number of ether oxygens (including phenoxy) is 2. The van der Waals surface area contributed by atoms with E-state index in [1.165, 1.54) is 38.4 Å². The maximum absolute atomic E-state index is 13.1. The third kappa shape index (κ3) is 6.05. The molecule has 0 bridgehead atoms. The van der Waals surface area contributed by atoms with Gasteiger partial charge in [-0.2, -0.15) is 0 Å². The van der Waals surface area contributed by atoms with Crippen LogP contribution in [0.25, 0.3) is 0 Å². The van der Waals surface area contributed by atoms with Gasteiger partial charge in [-0.15, -0.1) is 0 Å².